The van der Waals surface area contributed by atoms with E-state index in [4.69, 9.17) is 0 Å². The molecule has 0 fully saturated rings. The van der Waals surface area contributed by atoms with E-state index in [1.165, 1.54) is 6.92 Å². The fourth-order valence-electron chi connectivity index (χ4n) is 0.840. The molecule has 1 rings (SSSR count). The number of rotatable bonds is 1. The minimum absolute atomic E-state index is 0.236. The predicted octanol–water partition coefficient (Wildman–Crippen LogP) is 2.33. The molecule has 0 bridgehead atoms. The SMILES string of the molecule is Cc1c(S)cc(F)cc1[N+](=O)[O-]. The summed E-state index contributed by atoms with van der Waals surface area (Å²) in [6.07, 6.45) is 0. The molecule has 1 aromatic carbocycles. The summed E-state index contributed by atoms with van der Waals surface area (Å²) >= 11 is 3.89. The van der Waals surface area contributed by atoms with Gasteiger partial charge in [0.15, 0.2) is 0 Å². The van der Waals surface area contributed by atoms with Crippen molar-refractivity contribution in [3.05, 3.63) is 33.6 Å². The van der Waals surface area contributed by atoms with Gasteiger partial charge in [0.05, 0.1) is 11.0 Å². The minimum Gasteiger partial charge on any atom is -0.258 e. The van der Waals surface area contributed by atoms with Crippen LogP contribution in [-0.4, -0.2) is 4.92 Å². The fraction of sp³-hybridized carbons (Fsp3) is 0.143. The van der Waals surface area contributed by atoms with Crippen LogP contribution in [0.3, 0.4) is 0 Å². The highest BCUT2D eigenvalue weighted by atomic mass is 32.1. The van der Waals surface area contributed by atoms with Crippen molar-refractivity contribution >= 4 is 18.3 Å². The van der Waals surface area contributed by atoms with Gasteiger partial charge >= 0.3 is 0 Å². The fourth-order valence-corrected chi connectivity index (χ4v) is 1.08. The lowest BCUT2D eigenvalue weighted by atomic mass is 10.2. The molecular formula is C7H6FNO2S. The Balaban J connectivity index is 3.37. The first kappa shape index (κ1) is 8.99. The maximum absolute atomic E-state index is 12.6. The average molecular weight is 187 g/mol. The molecule has 0 aliphatic carbocycles. The van der Waals surface area contributed by atoms with Gasteiger partial charge in [0.2, 0.25) is 0 Å². The summed E-state index contributed by atoms with van der Waals surface area (Å²) in [5, 5.41) is 10.3. The van der Waals surface area contributed by atoms with Gasteiger partial charge in [-0.05, 0) is 13.0 Å². The van der Waals surface area contributed by atoms with Crippen molar-refractivity contribution < 1.29 is 9.31 Å². The molecule has 0 radical (unpaired) electrons. The Bertz CT molecular complexity index is 340. The summed E-state index contributed by atoms with van der Waals surface area (Å²) in [5.74, 6) is -0.641. The van der Waals surface area contributed by atoms with Gasteiger partial charge < -0.3 is 0 Å². The van der Waals surface area contributed by atoms with Gasteiger partial charge in [0, 0.05) is 10.5 Å². The second-order valence-corrected chi connectivity index (χ2v) is 2.81. The van der Waals surface area contributed by atoms with E-state index in [1.54, 1.807) is 0 Å². The summed E-state index contributed by atoms with van der Waals surface area (Å²) in [7, 11) is 0. The van der Waals surface area contributed by atoms with E-state index in [2.05, 4.69) is 12.6 Å². The van der Waals surface area contributed by atoms with Crippen LogP contribution < -0.4 is 0 Å². The first-order chi connectivity index (χ1) is 5.52. The van der Waals surface area contributed by atoms with Gasteiger partial charge in [-0.1, -0.05) is 0 Å². The Labute approximate surface area is 73.8 Å². The number of hydrogen-bond donors (Lipinski definition) is 1. The molecule has 1 aromatic rings. The average Bonchev–Trinajstić information content (AvgIpc) is 1.96. The van der Waals surface area contributed by atoms with Crippen molar-refractivity contribution in [2.24, 2.45) is 0 Å². The van der Waals surface area contributed by atoms with Gasteiger partial charge in [0.1, 0.15) is 5.82 Å². The van der Waals surface area contributed by atoms with E-state index in [0.717, 1.165) is 12.1 Å². The topological polar surface area (TPSA) is 43.1 Å². The normalized spacial score (nSPS) is 9.92. The van der Waals surface area contributed by atoms with E-state index in [-0.39, 0.29) is 5.69 Å². The standard InChI is InChI=1S/C7H6FNO2S/c1-4-6(9(10)11)2-5(8)3-7(4)12/h2-3,12H,1H3. The van der Waals surface area contributed by atoms with Gasteiger partial charge in [-0.3, -0.25) is 10.1 Å². The second kappa shape index (κ2) is 3.10. The number of benzene rings is 1. The first-order valence-corrected chi connectivity index (χ1v) is 3.60. The molecule has 0 unspecified atom stereocenters. The van der Waals surface area contributed by atoms with Gasteiger partial charge in [0.25, 0.3) is 5.69 Å². The highest BCUT2D eigenvalue weighted by Gasteiger charge is 2.13. The van der Waals surface area contributed by atoms with Crippen LogP contribution in [-0.2, 0) is 0 Å². The number of nitro benzene ring substituents is 1. The van der Waals surface area contributed by atoms with Crippen molar-refractivity contribution in [3.63, 3.8) is 0 Å². The molecule has 5 heteroatoms. The molecule has 0 amide bonds. The largest absolute Gasteiger partial charge is 0.276 e. The summed E-state index contributed by atoms with van der Waals surface area (Å²) in [6, 6.07) is 2.03. The first-order valence-electron chi connectivity index (χ1n) is 3.16. The second-order valence-electron chi connectivity index (χ2n) is 2.33. The Morgan fingerprint density at radius 1 is 1.58 bits per heavy atom. The van der Waals surface area contributed by atoms with E-state index in [0.29, 0.717) is 10.5 Å². The number of thiol groups is 1. The molecule has 0 aliphatic heterocycles. The zero-order chi connectivity index (χ0) is 9.30. The third-order valence-electron chi connectivity index (χ3n) is 1.51. The zero-order valence-electron chi connectivity index (χ0n) is 6.24. The number of nitro groups is 1. The molecule has 0 atom stereocenters. The highest BCUT2D eigenvalue weighted by Crippen LogP contribution is 2.25. The van der Waals surface area contributed by atoms with Crippen molar-refractivity contribution in [1.82, 2.24) is 0 Å². The summed E-state index contributed by atoms with van der Waals surface area (Å²) in [5.41, 5.74) is 0.143. The highest BCUT2D eigenvalue weighted by molar-refractivity contribution is 7.80. The molecule has 0 saturated heterocycles. The number of nitrogens with zero attached hydrogens (tertiary/aromatic N) is 1. The third kappa shape index (κ3) is 1.55. The van der Waals surface area contributed by atoms with E-state index < -0.39 is 10.7 Å². The molecule has 0 aromatic heterocycles. The van der Waals surface area contributed by atoms with Crippen LogP contribution in [0.4, 0.5) is 10.1 Å². The van der Waals surface area contributed by atoms with E-state index in [1.807, 2.05) is 0 Å². The maximum Gasteiger partial charge on any atom is 0.276 e. The van der Waals surface area contributed by atoms with Crippen molar-refractivity contribution in [1.29, 1.82) is 0 Å². The Hall–Kier alpha value is -1.10. The lowest BCUT2D eigenvalue weighted by Gasteiger charge is -1.99. The summed E-state index contributed by atoms with van der Waals surface area (Å²) < 4.78 is 12.6. The molecule has 12 heavy (non-hydrogen) atoms. The summed E-state index contributed by atoms with van der Waals surface area (Å²) in [6.45, 7) is 1.53. The lowest BCUT2D eigenvalue weighted by molar-refractivity contribution is -0.385. The molecule has 3 nitrogen and oxygen atoms in total. The van der Waals surface area contributed by atoms with Crippen molar-refractivity contribution in [3.8, 4) is 0 Å². The predicted molar refractivity (Wildman–Crippen MR) is 45.0 cm³/mol. The number of halogens is 1. The van der Waals surface area contributed by atoms with Gasteiger partial charge in [-0.15, -0.1) is 12.6 Å². The number of hydrogen-bond acceptors (Lipinski definition) is 3. The zero-order valence-corrected chi connectivity index (χ0v) is 7.14. The van der Waals surface area contributed by atoms with Crippen molar-refractivity contribution in [2.45, 2.75) is 11.8 Å². The molecule has 64 valence electrons. The molecule has 0 aliphatic rings. The van der Waals surface area contributed by atoms with Crippen LogP contribution in [0, 0.1) is 22.9 Å². The van der Waals surface area contributed by atoms with E-state index >= 15 is 0 Å². The monoisotopic (exact) mass is 187 g/mol. The minimum atomic E-state index is -0.641. The quantitative estimate of drug-likeness (QED) is 0.416. The van der Waals surface area contributed by atoms with E-state index in [9.17, 15) is 14.5 Å². The third-order valence-corrected chi connectivity index (χ3v) is 1.98. The van der Waals surface area contributed by atoms with Crippen LogP contribution in [0.5, 0.6) is 0 Å². The van der Waals surface area contributed by atoms with Crippen LogP contribution in [0.15, 0.2) is 17.0 Å². The molecule has 0 spiro atoms. The van der Waals surface area contributed by atoms with Gasteiger partial charge in [-0.2, -0.15) is 0 Å². The smallest absolute Gasteiger partial charge is 0.258 e. The van der Waals surface area contributed by atoms with Gasteiger partial charge in [-0.25, -0.2) is 4.39 Å². The maximum atomic E-state index is 12.6. The Morgan fingerprint density at radius 2 is 2.17 bits per heavy atom. The molecule has 0 saturated carbocycles. The molecule has 0 heterocycles. The lowest BCUT2D eigenvalue weighted by Crippen LogP contribution is -1.93. The summed E-state index contributed by atoms with van der Waals surface area (Å²) in [4.78, 5) is 10.00. The Kier molecular flexibility index (Phi) is 2.32. The van der Waals surface area contributed by atoms with Crippen LogP contribution in [0.25, 0.3) is 0 Å². The van der Waals surface area contributed by atoms with Crippen LogP contribution in [0.2, 0.25) is 0 Å². The van der Waals surface area contributed by atoms with Crippen LogP contribution >= 0.6 is 12.6 Å². The molecular weight excluding hydrogens is 181 g/mol. The van der Waals surface area contributed by atoms with Crippen molar-refractivity contribution in [2.75, 3.05) is 0 Å². The Morgan fingerprint density at radius 3 is 2.67 bits per heavy atom. The molecule has 0 N–H and O–H groups in total. The van der Waals surface area contributed by atoms with Crippen LogP contribution in [0.1, 0.15) is 5.56 Å².